The van der Waals surface area contributed by atoms with Gasteiger partial charge < -0.3 is 19.3 Å². The molecule has 0 unspecified atom stereocenters. The summed E-state index contributed by atoms with van der Waals surface area (Å²) in [6.07, 6.45) is -4.52. The van der Waals surface area contributed by atoms with Crippen LogP contribution >= 0.6 is 0 Å². The van der Waals surface area contributed by atoms with Crippen molar-refractivity contribution in [2.75, 3.05) is 10.8 Å². The lowest BCUT2D eigenvalue weighted by Crippen LogP contribution is -2.46. The van der Waals surface area contributed by atoms with Crippen LogP contribution < -0.4 is 18.5 Å². The number of hydrogen-bond donors (Lipinski definition) is 1. The Morgan fingerprint density at radius 3 is 2.53 bits per heavy atom. The van der Waals surface area contributed by atoms with E-state index in [1.807, 2.05) is 0 Å². The van der Waals surface area contributed by atoms with Gasteiger partial charge >= 0.3 is 12.3 Å². The van der Waals surface area contributed by atoms with E-state index in [4.69, 9.17) is 9.47 Å². The number of aryl methyl sites for hydroxylation is 1. The number of halogens is 2. The van der Waals surface area contributed by atoms with E-state index in [-0.39, 0.29) is 46.4 Å². The van der Waals surface area contributed by atoms with Gasteiger partial charge in [-0.1, -0.05) is 30.3 Å². The summed E-state index contributed by atoms with van der Waals surface area (Å²) in [6, 6.07) is 15.5. The molecule has 0 saturated carbocycles. The molecule has 8 nitrogen and oxygen atoms in total. The molecule has 0 saturated heterocycles. The van der Waals surface area contributed by atoms with Crippen molar-refractivity contribution in [2.24, 2.45) is 5.41 Å². The highest BCUT2D eigenvalue weighted by atomic mass is 32.2. The molecule has 0 radical (unpaired) electrons. The number of nitrogens with zero attached hydrogens (tertiary/aromatic N) is 1. The van der Waals surface area contributed by atoms with E-state index in [0.29, 0.717) is 5.56 Å². The summed E-state index contributed by atoms with van der Waals surface area (Å²) >= 11 is 0. The summed E-state index contributed by atoms with van der Waals surface area (Å²) in [5.41, 5.74) is 0.448. The molecule has 11 heteroatoms. The van der Waals surface area contributed by atoms with Gasteiger partial charge in [0.15, 0.2) is 11.5 Å². The summed E-state index contributed by atoms with van der Waals surface area (Å²) in [4.78, 5) is 11.8. The predicted octanol–water partition coefficient (Wildman–Crippen LogP) is 5.44. The first-order chi connectivity index (χ1) is 17.8. The number of carboxylic acid groups (broad SMARTS) is 1. The minimum Gasteiger partial charge on any atom is -0.486 e. The SMILES string of the molecule is Cc1cccc(S(=O)(=O)N2C[C@H](CC(C)(C)C(=O)O)Oc3ccc(-c4cccc5c4OC(F)(F)O5)cc32)c1. The van der Waals surface area contributed by atoms with Crippen LogP contribution in [0.25, 0.3) is 11.1 Å². The van der Waals surface area contributed by atoms with Crippen LogP contribution in [0.1, 0.15) is 25.8 Å². The third-order valence-corrected chi connectivity index (χ3v) is 8.30. The van der Waals surface area contributed by atoms with Crippen LogP contribution in [0.3, 0.4) is 0 Å². The molecule has 38 heavy (non-hydrogen) atoms. The van der Waals surface area contributed by atoms with Crippen LogP contribution in [0, 0.1) is 12.3 Å². The van der Waals surface area contributed by atoms with Gasteiger partial charge in [-0.05, 0) is 62.2 Å². The quantitative estimate of drug-likeness (QED) is 0.440. The van der Waals surface area contributed by atoms with E-state index in [0.717, 1.165) is 5.56 Å². The second kappa shape index (κ2) is 8.87. The van der Waals surface area contributed by atoms with E-state index in [1.54, 1.807) is 51.1 Å². The fourth-order valence-corrected chi connectivity index (χ4v) is 6.17. The van der Waals surface area contributed by atoms with Gasteiger partial charge in [0.05, 0.1) is 22.5 Å². The highest BCUT2D eigenvalue weighted by Gasteiger charge is 2.45. The molecule has 3 aromatic rings. The zero-order valence-electron chi connectivity index (χ0n) is 20.8. The molecule has 0 fully saturated rings. The van der Waals surface area contributed by atoms with Crippen molar-refractivity contribution in [3.8, 4) is 28.4 Å². The number of hydrogen-bond acceptors (Lipinski definition) is 6. The van der Waals surface area contributed by atoms with Crippen molar-refractivity contribution in [2.45, 2.75) is 44.5 Å². The molecule has 2 heterocycles. The average Bonchev–Trinajstić information content (AvgIpc) is 3.16. The standard InChI is InChI=1S/C27H25F2NO7S/c1-16-6-4-7-19(12-16)38(33,34)30-15-18(14-26(2,3)25(31)32)35-22-11-10-17(13-21(22)30)20-8-5-9-23-24(20)37-27(28,29)36-23/h4-13,18H,14-15H2,1-3H3,(H,31,32)/t18-/m0/s1. The Morgan fingerprint density at radius 2 is 1.82 bits per heavy atom. The Morgan fingerprint density at radius 1 is 1.08 bits per heavy atom. The first kappa shape index (κ1) is 25.8. The van der Waals surface area contributed by atoms with E-state index in [9.17, 15) is 27.1 Å². The van der Waals surface area contributed by atoms with Crippen LogP contribution in [0.5, 0.6) is 17.2 Å². The normalized spacial score (nSPS) is 18.0. The number of ether oxygens (including phenoxy) is 3. The number of aliphatic carboxylic acids is 1. The number of benzene rings is 3. The first-order valence-corrected chi connectivity index (χ1v) is 13.2. The highest BCUT2D eigenvalue weighted by molar-refractivity contribution is 7.92. The van der Waals surface area contributed by atoms with E-state index >= 15 is 0 Å². The predicted molar refractivity (Wildman–Crippen MR) is 134 cm³/mol. The molecule has 200 valence electrons. The number of para-hydroxylation sites is 1. The molecular weight excluding hydrogens is 520 g/mol. The molecular formula is C27H25F2NO7S. The van der Waals surface area contributed by atoms with Gasteiger partial charge in [-0.3, -0.25) is 9.10 Å². The van der Waals surface area contributed by atoms with Crippen LogP contribution in [0.4, 0.5) is 14.5 Å². The van der Waals surface area contributed by atoms with Crippen molar-refractivity contribution < 1.29 is 41.3 Å². The Kier molecular flexibility index (Phi) is 6.01. The Hall–Kier alpha value is -3.86. The van der Waals surface area contributed by atoms with Gasteiger partial charge in [0, 0.05) is 12.0 Å². The third kappa shape index (κ3) is 4.62. The van der Waals surface area contributed by atoms with E-state index in [2.05, 4.69) is 4.74 Å². The maximum absolute atomic E-state index is 13.9. The number of rotatable bonds is 6. The minimum absolute atomic E-state index is 0.0514. The van der Waals surface area contributed by atoms with Crippen LogP contribution in [0.15, 0.2) is 65.6 Å². The zero-order chi connectivity index (χ0) is 27.5. The number of carboxylic acids is 1. The molecule has 3 aromatic carbocycles. The van der Waals surface area contributed by atoms with Crippen molar-refractivity contribution in [3.63, 3.8) is 0 Å². The van der Waals surface area contributed by atoms with Gasteiger partial charge in [-0.2, -0.15) is 0 Å². The van der Waals surface area contributed by atoms with Gasteiger partial charge in [-0.15, -0.1) is 8.78 Å². The number of sulfonamides is 1. The second-order valence-electron chi connectivity index (χ2n) is 9.97. The number of fused-ring (bicyclic) bond motifs is 2. The van der Waals surface area contributed by atoms with Crippen LogP contribution in [-0.2, 0) is 14.8 Å². The van der Waals surface area contributed by atoms with Crippen molar-refractivity contribution in [3.05, 3.63) is 66.2 Å². The first-order valence-electron chi connectivity index (χ1n) is 11.8. The number of carbonyl (C=O) groups is 1. The minimum atomic E-state index is -4.11. The van der Waals surface area contributed by atoms with Crippen LogP contribution in [-0.4, -0.2) is 38.4 Å². The molecule has 2 aliphatic rings. The third-order valence-electron chi connectivity index (χ3n) is 6.52. The fourth-order valence-electron chi connectivity index (χ4n) is 4.57. The summed E-state index contributed by atoms with van der Waals surface area (Å²) in [5.74, 6) is -1.12. The molecule has 1 atom stereocenters. The zero-order valence-corrected chi connectivity index (χ0v) is 21.6. The van der Waals surface area contributed by atoms with Gasteiger partial charge in [0.25, 0.3) is 10.0 Å². The number of alkyl halides is 2. The lowest BCUT2D eigenvalue weighted by molar-refractivity contribution is -0.286. The summed E-state index contributed by atoms with van der Waals surface area (Å²) in [5, 5.41) is 9.61. The van der Waals surface area contributed by atoms with E-state index < -0.39 is 33.8 Å². The lowest BCUT2D eigenvalue weighted by Gasteiger charge is -2.38. The molecule has 0 aromatic heterocycles. The monoisotopic (exact) mass is 545 g/mol. The van der Waals surface area contributed by atoms with Crippen molar-refractivity contribution in [1.29, 1.82) is 0 Å². The topological polar surface area (TPSA) is 102 Å². The largest absolute Gasteiger partial charge is 0.586 e. The average molecular weight is 546 g/mol. The van der Waals surface area contributed by atoms with Gasteiger partial charge in [0.1, 0.15) is 11.9 Å². The molecule has 1 N–H and O–H groups in total. The molecule has 0 spiro atoms. The molecule has 0 aliphatic carbocycles. The molecule has 0 amide bonds. The Balaban J connectivity index is 1.62. The maximum atomic E-state index is 13.9. The van der Waals surface area contributed by atoms with Crippen molar-refractivity contribution >= 4 is 21.7 Å². The summed E-state index contributed by atoms with van der Waals surface area (Å²) < 4.78 is 71.9. The number of anilines is 1. The Bertz CT molecular complexity index is 1540. The molecule has 5 rings (SSSR count). The second-order valence-corrected chi connectivity index (χ2v) is 11.8. The highest BCUT2D eigenvalue weighted by Crippen LogP contribution is 2.49. The smallest absolute Gasteiger partial charge is 0.486 e. The van der Waals surface area contributed by atoms with E-state index in [1.165, 1.54) is 34.6 Å². The van der Waals surface area contributed by atoms with Crippen molar-refractivity contribution in [1.82, 2.24) is 0 Å². The fraction of sp³-hybridized carbons (Fsp3) is 0.296. The molecule has 2 aliphatic heterocycles. The lowest BCUT2D eigenvalue weighted by atomic mass is 9.86. The maximum Gasteiger partial charge on any atom is 0.586 e. The summed E-state index contributed by atoms with van der Waals surface area (Å²) in [6.45, 7) is 4.72. The van der Waals surface area contributed by atoms with Gasteiger partial charge in [0.2, 0.25) is 0 Å². The molecule has 0 bridgehead atoms. The van der Waals surface area contributed by atoms with Gasteiger partial charge in [-0.25, -0.2) is 8.42 Å². The van der Waals surface area contributed by atoms with Crippen LogP contribution in [0.2, 0.25) is 0 Å². The summed E-state index contributed by atoms with van der Waals surface area (Å²) in [7, 11) is -4.11. The Labute approximate surface area is 218 Å².